The summed E-state index contributed by atoms with van der Waals surface area (Å²) >= 11 is 1.43. The van der Waals surface area contributed by atoms with Crippen molar-refractivity contribution >= 4 is 23.6 Å². The van der Waals surface area contributed by atoms with Crippen LogP contribution in [0.3, 0.4) is 0 Å². The molecule has 0 bridgehead atoms. The van der Waals surface area contributed by atoms with Gasteiger partial charge in [-0.25, -0.2) is 0 Å². The standard InChI is InChI=1S/C26H31N5O3S/c1-20-7-5-10-22(17-20)31-25(29-12-15-33-16-13-29)27-28-26(31)35-19-24(32)30(18-23-11-6-14-34-23)21-8-3-2-4-9-21/h5-8,10-11,14,17H,2-4,9,12-13,15-16,18-19H2,1H3. The number of ether oxygens (including phenoxy) is 1. The summed E-state index contributed by atoms with van der Waals surface area (Å²) in [6.07, 6.45) is 8.05. The van der Waals surface area contributed by atoms with Crippen molar-refractivity contribution in [1.29, 1.82) is 0 Å². The largest absolute Gasteiger partial charge is 0.467 e. The Balaban J connectivity index is 1.39. The average molecular weight is 494 g/mol. The van der Waals surface area contributed by atoms with Gasteiger partial charge in [-0.15, -0.1) is 10.2 Å². The molecule has 5 rings (SSSR count). The smallest absolute Gasteiger partial charge is 0.237 e. The monoisotopic (exact) mass is 493 g/mol. The fourth-order valence-corrected chi connectivity index (χ4v) is 5.32. The Morgan fingerprint density at radius 3 is 2.77 bits per heavy atom. The highest BCUT2D eigenvalue weighted by atomic mass is 32.2. The average Bonchev–Trinajstić information content (AvgIpc) is 3.57. The van der Waals surface area contributed by atoms with Gasteiger partial charge in [0.05, 0.1) is 37.5 Å². The number of benzene rings is 1. The molecule has 1 aromatic carbocycles. The Kier molecular flexibility index (Phi) is 7.54. The van der Waals surface area contributed by atoms with Crippen molar-refractivity contribution in [3.05, 3.63) is 65.8 Å². The molecule has 1 amide bonds. The number of anilines is 1. The van der Waals surface area contributed by atoms with Crippen LogP contribution in [0, 0.1) is 6.92 Å². The summed E-state index contributed by atoms with van der Waals surface area (Å²) in [6.45, 7) is 5.37. The minimum atomic E-state index is 0.0475. The fourth-order valence-electron chi connectivity index (χ4n) is 4.50. The molecule has 0 N–H and O–H groups in total. The molecule has 3 heterocycles. The number of hydrogen-bond donors (Lipinski definition) is 0. The number of nitrogens with zero attached hydrogens (tertiary/aromatic N) is 5. The van der Waals surface area contributed by atoms with Gasteiger partial charge in [0.25, 0.3) is 0 Å². The summed E-state index contributed by atoms with van der Waals surface area (Å²) < 4.78 is 13.1. The molecule has 1 aliphatic carbocycles. The van der Waals surface area contributed by atoms with Crippen LogP contribution in [0.1, 0.15) is 37.0 Å². The maximum Gasteiger partial charge on any atom is 0.237 e. The molecule has 184 valence electrons. The molecule has 8 nitrogen and oxygen atoms in total. The maximum atomic E-state index is 13.5. The number of amides is 1. The van der Waals surface area contributed by atoms with Crippen molar-refractivity contribution in [3.63, 3.8) is 0 Å². The van der Waals surface area contributed by atoms with E-state index in [9.17, 15) is 4.79 Å². The van der Waals surface area contributed by atoms with Gasteiger partial charge in [-0.05, 0) is 62.4 Å². The van der Waals surface area contributed by atoms with Crippen LogP contribution < -0.4 is 4.90 Å². The van der Waals surface area contributed by atoms with Crippen LogP contribution in [0.5, 0.6) is 0 Å². The second-order valence-electron chi connectivity index (χ2n) is 8.85. The number of furan rings is 1. The van der Waals surface area contributed by atoms with E-state index in [4.69, 9.17) is 9.15 Å². The van der Waals surface area contributed by atoms with E-state index in [1.165, 1.54) is 18.2 Å². The van der Waals surface area contributed by atoms with E-state index in [1.54, 1.807) is 6.26 Å². The van der Waals surface area contributed by atoms with E-state index >= 15 is 0 Å². The highest BCUT2D eigenvalue weighted by molar-refractivity contribution is 7.99. The highest BCUT2D eigenvalue weighted by Gasteiger charge is 2.25. The number of carbonyl (C=O) groups is 1. The summed E-state index contributed by atoms with van der Waals surface area (Å²) in [6, 6.07) is 12.1. The first-order valence-corrected chi connectivity index (χ1v) is 13.2. The third-order valence-corrected chi connectivity index (χ3v) is 7.22. The Labute approximate surface area is 209 Å². The third-order valence-electron chi connectivity index (χ3n) is 6.30. The molecule has 1 aliphatic heterocycles. The minimum Gasteiger partial charge on any atom is -0.467 e. The first-order chi connectivity index (χ1) is 17.2. The zero-order chi connectivity index (χ0) is 24.0. The summed E-state index contributed by atoms with van der Waals surface area (Å²) in [5.41, 5.74) is 3.24. The van der Waals surface area contributed by atoms with E-state index in [1.807, 2.05) is 23.1 Å². The van der Waals surface area contributed by atoms with E-state index in [2.05, 4.69) is 50.9 Å². The third kappa shape index (κ3) is 5.62. The summed E-state index contributed by atoms with van der Waals surface area (Å²) in [7, 11) is 0. The highest BCUT2D eigenvalue weighted by Crippen LogP contribution is 2.29. The lowest BCUT2D eigenvalue weighted by Gasteiger charge is -2.28. The zero-order valence-corrected chi connectivity index (χ0v) is 20.9. The van der Waals surface area contributed by atoms with E-state index < -0.39 is 0 Å². The van der Waals surface area contributed by atoms with Gasteiger partial charge in [0.2, 0.25) is 11.9 Å². The SMILES string of the molecule is Cc1cccc(-n2c(SCC(=O)N(Cc3ccco3)C3=CCCCC3)nnc2N2CCOCC2)c1. The van der Waals surface area contributed by atoms with Crippen molar-refractivity contribution in [2.75, 3.05) is 37.0 Å². The van der Waals surface area contributed by atoms with Crippen molar-refractivity contribution in [3.8, 4) is 5.69 Å². The number of carbonyl (C=O) groups excluding carboxylic acids is 1. The predicted molar refractivity (Wildman–Crippen MR) is 136 cm³/mol. The Hall–Kier alpha value is -3.04. The van der Waals surface area contributed by atoms with E-state index in [0.29, 0.717) is 24.9 Å². The number of hydrogen-bond acceptors (Lipinski definition) is 7. The number of allylic oxidation sites excluding steroid dienone is 2. The van der Waals surface area contributed by atoms with Crippen molar-refractivity contribution in [1.82, 2.24) is 19.7 Å². The lowest BCUT2D eigenvalue weighted by atomic mass is 10.0. The van der Waals surface area contributed by atoms with E-state index in [-0.39, 0.29) is 11.7 Å². The molecule has 35 heavy (non-hydrogen) atoms. The Bertz CT molecular complexity index is 1170. The number of rotatable bonds is 8. The quantitative estimate of drug-likeness (QED) is 0.425. The summed E-state index contributed by atoms with van der Waals surface area (Å²) in [4.78, 5) is 17.6. The maximum absolute atomic E-state index is 13.5. The second-order valence-corrected chi connectivity index (χ2v) is 9.79. The number of aryl methyl sites for hydroxylation is 1. The normalized spacial score (nSPS) is 16.3. The molecule has 9 heteroatoms. The van der Waals surface area contributed by atoms with Crippen LogP contribution in [-0.2, 0) is 16.1 Å². The van der Waals surface area contributed by atoms with Gasteiger partial charge >= 0.3 is 0 Å². The number of aromatic nitrogens is 3. The first kappa shape index (κ1) is 23.7. The molecular formula is C26H31N5O3S. The van der Waals surface area contributed by atoms with Crippen LogP contribution in [0.15, 0.2) is 64.0 Å². The Morgan fingerprint density at radius 1 is 1.14 bits per heavy atom. The van der Waals surface area contributed by atoms with Crippen LogP contribution in [0.4, 0.5) is 5.95 Å². The van der Waals surface area contributed by atoms with Gasteiger partial charge in [0.1, 0.15) is 5.76 Å². The summed E-state index contributed by atoms with van der Waals surface area (Å²) in [5.74, 6) is 1.89. The molecule has 2 aliphatic rings. The van der Waals surface area contributed by atoms with Crippen LogP contribution in [0.25, 0.3) is 5.69 Å². The first-order valence-electron chi connectivity index (χ1n) is 12.2. The lowest BCUT2D eigenvalue weighted by Crippen LogP contribution is -2.38. The van der Waals surface area contributed by atoms with Gasteiger partial charge in [-0.2, -0.15) is 0 Å². The topological polar surface area (TPSA) is 76.6 Å². The molecule has 3 aromatic rings. The number of thioether (sulfide) groups is 1. The zero-order valence-electron chi connectivity index (χ0n) is 20.1. The molecule has 0 atom stereocenters. The second kappa shape index (κ2) is 11.1. The van der Waals surface area contributed by atoms with Crippen LogP contribution in [0.2, 0.25) is 0 Å². The molecule has 0 saturated carbocycles. The lowest BCUT2D eigenvalue weighted by molar-refractivity contribution is -0.127. The van der Waals surface area contributed by atoms with Gasteiger partial charge in [0.15, 0.2) is 5.16 Å². The van der Waals surface area contributed by atoms with Gasteiger partial charge in [-0.1, -0.05) is 30.0 Å². The van der Waals surface area contributed by atoms with Crippen molar-refractivity contribution < 1.29 is 13.9 Å². The van der Waals surface area contributed by atoms with Gasteiger partial charge in [0, 0.05) is 18.8 Å². The molecule has 0 radical (unpaired) electrons. The van der Waals surface area contributed by atoms with Gasteiger partial charge < -0.3 is 19.0 Å². The predicted octanol–water partition coefficient (Wildman–Crippen LogP) is 4.58. The molecule has 1 saturated heterocycles. The minimum absolute atomic E-state index is 0.0475. The van der Waals surface area contributed by atoms with Crippen molar-refractivity contribution in [2.45, 2.75) is 44.3 Å². The van der Waals surface area contributed by atoms with Crippen LogP contribution in [-0.4, -0.2) is 57.6 Å². The van der Waals surface area contributed by atoms with E-state index in [0.717, 1.165) is 61.0 Å². The molecule has 0 spiro atoms. The Morgan fingerprint density at radius 2 is 2.03 bits per heavy atom. The molecule has 0 unspecified atom stereocenters. The van der Waals surface area contributed by atoms with Gasteiger partial charge in [-0.3, -0.25) is 9.36 Å². The molecule has 1 fully saturated rings. The molecule has 2 aromatic heterocycles. The van der Waals surface area contributed by atoms with Crippen molar-refractivity contribution in [2.24, 2.45) is 0 Å². The van der Waals surface area contributed by atoms with Crippen LogP contribution >= 0.6 is 11.8 Å². The fraction of sp³-hybridized carbons (Fsp3) is 0.423. The summed E-state index contributed by atoms with van der Waals surface area (Å²) in [5, 5.41) is 9.75. The molecular weight excluding hydrogens is 462 g/mol. The number of morpholine rings is 1.